The Hall–Kier alpha value is -1.94. The molecule has 2 rings (SSSR count). The summed E-state index contributed by atoms with van der Waals surface area (Å²) in [6, 6.07) is 9.66. The molecule has 0 saturated carbocycles. The van der Waals surface area contributed by atoms with Crippen molar-refractivity contribution in [2.75, 3.05) is 6.54 Å². The monoisotopic (exact) mass is 261 g/mol. The quantitative estimate of drug-likeness (QED) is 0.888. The number of fused-ring (bicyclic) bond motifs is 1. The number of aliphatic hydroxyl groups excluding tert-OH is 1. The summed E-state index contributed by atoms with van der Waals surface area (Å²) in [5.74, 6) is -0.590. The molecule has 3 nitrogen and oxygen atoms in total. The topological polar surface area (TPSA) is 49.3 Å². The van der Waals surface area contributed by atoms with Crippen LogP contribution >= 0.6 is 0 Å². The van der Waals surface area contributed by atoms with Gasteiger partial charge in [-0.15, -0.1) is 0 Å². The fourth-order valence-corrected chi connectivity index (χ4v) is 1.95. The fourth-order valence-electron chi connectivity index (χ4n) is 1.95. The molecule has 4 heteroatoms. The number of hydrogen-bond acceptors (Lipinski definition) is 2. The Bertz CT molecular complexity index is 596. The Kier molecular flexibility index (Phi) is 4.12. The van der Waals surface area contributed by atoms with Gasteiger partial charge in [-0.1, -0.05) is 24.3 Å². The summed E-state index contributed by atoms with van der Waals surface area (Å²) < 4.78 is 13.6. The molecule has 1 atom stereocenters. The van der Waals surface area contributed by atoms with E-state index in [0.29, 0.717) is 29.3 Å². The van der Waals surface area contributed by atoms with Crippen molar-refractivity contribution in [2.24, 2.45) is 0 Å². The number of amides is 1. The van der Waals surface area contributed by atoms with Crippen LogP contribution in [0, 0.1) is 5.82 Å². The lowest BCUT2D eigenvalue weighted by Gasteiger charge is -2.09. The average molecular weight is 261 g/mol. The van der Waals surface area contributed by atoms with Gasteiger partial charge in [0.15, 0.2) is 0 Å². The van der Waals surface area contributed by atoms with Crippen LogP contribution in [0.5, 0.6) is 0 Å². The van der Waals surface area contributed by atoms with E-state index in [1.165, 1.54) is 12.1 Å². The molecule has 19 heavy (non-hydrogen) atoms. The van der Waals surface area contributed by atoms with Gasteiger partial charge in [-0.05, 0) is 30.9 Å². The van der Waals surface area contributed by atoms with E-state index in [4.69, 9.17) is 5.11 Å². The Morgan fingerprint density at radius 1 is 1.26 bits per heavy atom. The summed E-state index contributed by atoms with van der Waals surface area (Å²) in [5.41, 5.74) is 0.447. The molecule has 0 fully saturated rings. The summed E-state index contributed by atoms with van der Waals surface area (Å²) in [6.07, 6.45) is 0.0375. The van der Waals surface area contributed by atoms with E-state index < -0.39 is 6.10 Å². The largest absolute Gasteiger partial charge is 0.393 e. The molecule has 0 saturated heterocycles. The third-order valence-electron chi connectivity index (χ3n) is 2.96. The zero-order valence-corrected chi connectivity index (χ0v) is 10.7. The smallest absolute Gasteiger partial charge is 0.251 e. The van der Waals surface area contributed by atoms with Crippen molar-refractivity contribution in [3.05, 3.63) is 47.8 Å². The van der Waals surface area contributed by atoms with Crippen molar-refractivity contribution in [3.8, 4) is 0 Å². The number of halogens is 1. The van der Waals surface area contributed by atoms with Crippen LogP contribution in [0.1, 0.15) is 23.7 Å². The normalized spacial score (nSPS) is 12.4. The lowest BCUT2D eigenvalue weighted by Crippen LogP contribution is -2.26. The zero-order chi connectivity index (χ0) is 13.8. The van der Waals surface area contributed by atoms with E-state index in [2.05, 4.69) is 5.32 Å². The predicted molar refractivity (Wildman–Crippen MR) is 72.5 cm³/mol. The van der Waals surface area contributed by atoms with Crippen LogP contribution in [-0.4, -0.2) is 23.7 Å². The first-order chi connectivity index (χ1) is 9.09. The van der Waals surface area contributed by atoms with E-state index in [9.17, 15) is 9.18 Å². The number of carbonyl (C=O) groups excluding carboxylic acids is 1. The molecular formula is C15H16FNO2. The maximum absolute atomic E-state index is 13.6. The molecule has 1 unspecified atom stereocenters. The summed E-state index contributed by atoms with van der Waals surface area (Å²) in [7, 11) is 0. The van der Waals surface area contributed by atoms with E-state index in [0.717, 1.165) is 0 Å². The second kappa shape index (κ2) is 5.80. The van der Waals surface area contributed by atoms with Crippen molar-refractivity contribution in [1.82, 2.24) is 5.32 Å². The van der Waals surface area contributed by atoms with Crippen LogP contribution in [-0.2, 0) is 0 Å². The van der Waals surface area contributed by atoms with E-state index in [-0.39, 0.29) is 11.7 Å². The molecule has 2 N–H and O–H groups in total. The van der Waals surface area contributed by atoms with E-state index in [1.807, 2.05) is 0 Å². The van der Waals surface area contributed by atoms with Crippen molar-refractivity contribution in [2.45, 2.75) is 19.4 Å². The number of carbonyl (C=O) groups is 1. The van der Waals surface area contributed by atoms with Gasteiger partial charge < -0.3 is 10.4 Å². The van der Waals surface area contributed by atoms with Crippen LogP contribution in [0.2, 0.25) is 0 Å². The molecule has 0 bridgehead atoms. The van der Waals surface area contributed by atoms with Gasteiger partial charge >= 0.3 is 0 Å². The first-order valence-electron chi connectivity index (χ1n) is 6.23. The van der Waals surface area contributed by atoms with Crippen LogP contribution in [0.25, 0.3) is 10.8 Å². The summed E-state index contributed by atoms with van der Waals surface area (Å²) in [6.45, 7) is 2.06. The first-order valence-corrected chi connectivity index (χ1v) is 6.23. The van der Waals surface area contributed by atoms with Crippen LogP contribution in [0.4, 0.5) is 4.39 Å². The van der Waals surface area contributed by atoms with Crippen molar-refractivity contribution in [1.29, 1.82) is 0 Å². The second-order valence-corrected chi connectivity index (χ2v) is 4.53. The summed E-state index contributed by atoms with van der Waals surface area (Å²) >= 11 is 0. The number of hydrogen-bond donors (Lipinski definition) is 2. The third-order valence-corrected chi connectivity index (χ3v) is 2.96. The minimum atomic E-state index is -0.453. The predicted octanol–water partition coefficient (Wildman–Crippen LogP) is 2.48. The molecule has 2 aromatic rings. The van der Waals surface area contributed by atoms with Crippen molar-refractivity contribution < 1.29 is 14.3 Å². The molecule has 0 aromatic heterocycles. The first kappa shape index (κ1) is 13.5. The van der Waals surface area contributed by atoms with Gasteiger partial charge in [-0.3, -0.25) is 4.79 Å². The van der Waals surface area contributed by atoms with E-state index >= 15 is 0 Å². The van der Waals surface area contributed by atoms with Gasteiger partial charge in [0.2, 0.25) is 0 Å². The Morgan fingerprint density at radius 2 is 1.95 bits per heavy atom. The SMILES string of the molecule is CC(O)CCNC(=O)c1ccc(F)c2ccccc12. The lowest BCUT2D eigenvalue weighted by molar-refractivity contribution is 0.0947. The Morgan fingerprint density at radius 3 is 2.63 bits per heavy atom. The van der Waals surface area contributed by atoms with E-state index in [1.54, 1.807) is 31.2 Å². The van der Waals surface area contributed by atoms with Gasteiger partial charge in [-0.25, -0.2) is 4.39 Å². The zero-order valence-electron chi connectivity index (χ0n) is 10.7. The highest BCUT2D eigenvalue weighted by molar-refractivity contribution is 6.07. The standard InChI is InChI=1S/C15H16FNO2/c1-10(18)8-9-17-15(19)13-6-7-14(16)12-5-3-2-4-11(12)13/h2-7,10,18H,8-9H2,1H3,(H,17,19). The molecular weight excluding hydrogens is 245 g/mol. The number of aliphatic hydroxyl groups is 1. The molecule has 0 heterocycles. The van der Waals surface area contributed by atoms with Gasteiger partial charge in [0.1, 0.15) is 5.82 Å². The van der Waals surface area contributed by atoms with Gasteiger partial charge in [0.05, 0.1) is 6.10 Å². The number of nitrogens with one attached hydrogen (secondary N) is 1. The van der Waals surface area contributed by atoms with Crippen molar-refractivity contribution in [3.63, 3.8) is 0 Å². The molecule has 2 aromatic carbocycles. The van der Waals surface area contributed by atoms with Gasteiger partial charge in [0.25, 0.3) is 5.91 Å². The highest BCUT2D eigenvalue weighted by Crippen LogP contribution is 2.21. The van der Waals surface area contributed by atoms with Crippen LogP contribution in [0.3, 0.4) is 0 Å². The third kappa shape index (κ3) is 3.09. The maximum atomic E-state index is 13.6. The fraction of sp³-hybridized carbons (Fsp3) is 0.267. The van der Waals surface area contributed by atoms with Gasteiger partial charge in [-0.2, -0.15) is 0 Å². The Balaban J connectivity index is 2.25. The molecule has 1 amide bonds. The summed E-state index contributed by atoms with van der Waals surface area (Å²) in [4.78, 5) is 12.0. The molecule has 0 aliphatic carbocycles. The highest BCUT2D eigenvalue weighted by atomic mass is 19.1. The molecule has 0 aliphatic heterocycles. The molecule has 0 aliphatic rings. The van der Waals surface area contributed by atoms with Crippen LogP contribution < -0.4 is 5.32 Å². The molecule has 0 radical (unpaired) electrons. The summed E-state index contributed by atoms with van der Waals surface area (Å²) in [5, 5.41) is 12.9. The Labute approximate surface area is 111 Å². The second-order valence-electron chi connectivity index (χ2n) is 4.53. The number of rotatable bonds is 4. The lowest BCUT2D eigenvalue weighted by atomic mass is 10.0. The van der Waals surface area contributed by atoms with Gasteiger partial charge in [0, 0.05) is 17.5 Å². The average Bonchev–Trinajstić information content (AvgIpc) is 2.39. The van der Waals surface area contributed by atoms with Crippen molar-refractivity contribution >= 4 is 16.7 Å². The molecule has 100 valence electrons. The number of benzene rings is 2. The minimum absolute atomic E-state index is 0.253. The molecule has 0 spiro atoms. The van der Waals surface area contributed by atoms with Crippen LogP contribution in [0.15, 0.2) is 36.4 Å². The minimum Gasteiger partial charge on any atom is -0.393 e. The maximum Gasteiger partial charge on any atom is 0.251 e. The highest BCUT2D eigenvalue weighted by Gasteiger charge is 2.11.